The molecule has 1 radical (unpaired) electrons. The minimum absolute atomic E-state index is 0.0944. The Hall–Kier alpha value is -0.330. The second kappa shape index (κ2) is 6.38. The van der Waals surface area contributed by atoms with E-state index in [9.17, 15) is 4.79 Å². The lowest BCUT2D eigenvalue weighted by molar-refractivity contribution is -0.115. The molecule has 11 heavy (non-hydrogen) atoms. The highest BCUT2D eigenvalue weighted by Crippen LogP contribution is 2.17. The van der Waals surface area contributed by atoms with Gasteiger partial charge < -0.3 is 0 Å². The SMILES string of the molecule is [CH2]C(=O)CC(CCC)CCC. The molecule has 0 saturated carbocycles. The van der Waals surface area contributed by atoms with E-state index < -0.39 is 0 Å². The molecule has 0 aliphatic carbocycles. The van der Waals surface area contributed by atoms with Crippen LogP contribution in [0.15, 0.2) is 0 Å². The molecule has 0 fully saturated rings. The van der Waals surface area contributed by atoms with Crippen molar-refractivity contribution in [3.05, 3.63) is 6.92 Å². The molecule has 1 heteroatoms. The van der Waals surface area contributed by atoms with E-state index in [0.29, 0.717) is 12.3 Å². The Morgan fingerprint density at radius 3 is 2.00 bits per heavy atom. The fourth-order valence-corrected chi connectivity index (χ4v) is 1.49. The summed E-state index contributed by atoms with van der Waals surface area (Å²) in [7, 11) is 0. The third-order valence-electron chi connectivity index (χ3n) is 1.91. The minimum Gasteiger partial charge on any atom is -0.300 e. The van der Waals surface area contributed by atoms with Crippen LogP contribution in [-0.4, -0.2) is 5.78 Å². The Balaban J connectivity index is 3.59. The van der Waals surface area contributed by atoms with Crippen molar-refractivity contribution >= 4 is 5.78 Å². The second-order valence-electron chi connectivity index (χ2n) is 3.19. The molecule has 1 nitrogen and oxygen atoms in total. The zero-order valence-corrected chi connectivity index (χ0v) is 7.73. The normalized spacial score (nSPS) is 10.5. The lowest BCUT2D eigenvalue weighted by Gasteiger charge is -2.12. The van der Waals surface area contributed by atoms with Crippen LogP contribution < -0.4 is 0 Å². The van der Waals surface area contributed by atoms with Crippen LogP contribution in [0.4, 0.5) is 0 Å². The molecular formula is C10H19O. The summed E-state index contributed by atoms with van der Waals surface area (Å²) in [4.78, 5) is 10.7. The van der Waals surface area contributed by atoms with Gasteiger partial charge in [0.05, 0.1) is 0 Å². The molecule has 0 amide bonds. The predicted octanol–water partition coefficient (Wildman–Crippen LogP) is 3.00. The van der Waals surface area contributed by atoms with Gasteiger partial charge in [0.15, 0.2) is 0 Å². The molecule has 0 aromatic heterocycles. The van der Waals surface area contributed by atoms with Gasteiger partial charge in [-0.2, -0.15) is 0 Å². The molecule has 0 unspecified atom stereocenters. The number of carbonyl (C=O) groups excluding carboxylic acids is 1. The van der Waals surface area contributed by atoms with Crippen LogP contribution in [0.25, 0.3) is 0 Å². The van der Waals surface area contributed by atoms with Crippen molar-refractivity contribution in [3.63, 3.8) is 0 Å². The molecule has 0 aromatic carbocycles. The van der Waals surface area contributed by atoms with Crippen LogP contribution in [0.2, 0.25) is 0 Å². The van der Waals surface area contributed by atoms with Crippen LogP contribution in [0.3, 0.4) is 0 Å². The summed E-state index contributed by atoms with van der Waals surface area (Å²) in [6.45, 7) is 7.73. The van der Waals surface area contributed by atoms with Gasteiger partial charge in [-0.25, -0.2) is 0 Å². The molecule has 0 aliphatic heterocycles. The molecule has 0 aliphatic rings. The highest BCUT2D eigenvalue weighted by Gasteiger charge is 2.08. The largest absolute Gasteiger partial charge is 0.300 e. The van der Waals surface area contributed by atoms with Gasteiger partial charge >= 0.3 is 0 Å². The van der Waals surface area contributed by atoms with Crippen molar-refractivity contribution in [1.82, 2.24) is 0 Å². The smallest absolute Gasteiger partial charge is 0.133 e. The van der Waals surface area contributed by atoms with Gasteiger partial charge in [0.2, 0.25) is 0 Å². The van der Waals surface area contributed by atoms with Crippen molar-refractivity contribution in [1.29, 1.82) is 0 Å². The first-order chi connectivity index (χ1) is 5.20. The van der Waals surface area contributed by atoms with Crippen LogP contribution in [0, 0.1) is 12.8 Å². The van der Waals surface area contributed by atoms with Gasteiger partial charge in [0.1, 0.15) is 5.78 Å². The number of hydrogen-bond donors (Lipinski definition) is 0. The van der Waals surface area contributed by atoms with E-state index in [2.05, 4.69) is 20.8 Å². The standard InChI is InChI=1S/C10H19O/c1-4-6-10(7-5-2)8-9(3)11/h10H,3-8H2,1-2H3. The van der Waals surface area contributed by atoms with Crippen LogP contribution in [0.1, 0.15) is 46.0 Å². The lowest BCUT2D eigenvalue weighted by atomic mass is 9.93. The average Bonchev–Trinajstić information content (AvgIpc) is 1.87. The first-order valence-electron chi connectivity index (χ1n) is 4.55. The fourth-order valence-electron chi connectivity index (χ4n) is 1.49. The summed E-state index contributed by atoms with van der Waals surface area (Å²) in [5.74, 6) is 0.687. The fraction of sp³-hybridized carbons (Fsp3) is 0.800. The van der Waals surface area contributed by atoms with Gasteiger partial charge in [0.25, 0.3) is 0 Å². The first-order valence-corrected chi connectivity index (χ1v) is 4.55. The van der Waals surface area contributed by atoms with Gasteiger partial charge in [0, 0.05) is 13.3 Å². The van der Waals surface area contributed by atoms with Crippen molar-refractivity contribution in [2.45, 2.75) is 46.0 Å². The van der Waals surface area contributed by atoms with Gasteiger partial charge in [-0.05, 0) is 5.92 Å². The molecule has 0 rings (SSSR count). The summed E-state index contributed by atoms with van der Waals surface area (Å²) in [5, 5.41) is 0. The summed E-state index contributed by atoms with van der Waals surface area (Å²) in [5.41, 5.74) is 0. The van der Waals surface area contributed by atoms with E-state index in [4.69, 9.17) is 0 Å². The number of Topliss-reactive ketones (excluding diaryl/α,β-unsaturated/α-hetero) is 1. The molecule has 65 valence electrons. The van der Waals surface area contributed by atoms with E-state index in [1.807, 2.05) is 0 Å². The van der Waals surface area contributed by atoms with Gasteiger partial charge in [-0.3, -0.25) is 4.79 Å². The molecule has 0 saturated heterocycles. The summed E-state index contributed by atoms with van der Waals surface area (Å²) >= 11 is 0. The Morgan fingerprint density at radius 2 is 1.73 bits per heavy atom. The van der Waals surface area contributed by atoms with Crippen molar-refractivity contribution in [2.24, 2.45) is 5.92 Å². The maximum Gasteiger partial charge on any atom is 0.133 e. The average molecular weight is 155 g/mol. The summed E-state index contributed by atoms with van der Waals surface area (Å²) in [6.07, 6.45) is 5.39. The molecule has 0 spiro atoms. The van der Waals surface area contributed by atoms with Crippen LogP contribution in [-0.2, 0) is 4.79 Å². The Morgan fingerprint density at radius 1 is 1.27 bits per heavy atom. The maximum atomic E-state index is 10.7. The number of rotatable bonds is 6. The molecule has 0 atom stereocenters. The molecular weight excluding hydrogens is 136 g/mol. The highest BCUT2D eigenvalue weighted by molar-refractivity contribution is 5.82. The highest BCUT2D eigenvalue weighted by atomic mass is 16.1. The Bertz CT molecular complexity index is 101. The quantitative estimate of drug-likeness (QED) is 0.576. The second-order valence-corrected chi connectivity index (χ2v) is 3.19. The van der Waals surface area contributed by atoms with Crippen molar-refractivity contribution in [3.8, 4) is 0 Å². The molecule has 0 bridgehead atoms. The number of ketones is 1. The monoisotopic (exact) mass is 155 g/mol. The van der Waals surface area contributed by atoms with Gasteiger partial charge in [-0.1, -0.05) is 39.5 Å². The van der Waals surface area contributed by atoms with Crippen molar-refractivity contribution < 1.29 is 4.79 Å². The van der Waals surface area contributed by atoms with Crippen LogP contribution >= 0.6 is 0 Å². The topological polar surface area (TPSA) is 17.1 Å². The third-order valence-corrected chi connectivity index (χ3v) is 1.91. The van der Waals surface area contributed by atoms with E-state index in [0.717, 1.165) is 0 Å². The first kappa shape index (κ1) is 10.7. The number of hydrogen-bond acceptors (Lipinski definition) is 1. The third kappa shape index (κ3) is 6.08. The zero-order chi connectivity index (χ0) is 8.69. The van der Waals surface area contributed by atoms with Crippen molar-refractivity contribution in [2.75, 3.05) is 0 Å². The minimum atomic E-state index is 0.0944. The lowest BCUT2D eigenvalue weighted by Crippen LogP contribution is -2.05. The molecule has 0 N–H and O–H groups in total. The van der Waals surface area contributed by atoms with E-state index in [-0.39, 0.29) is 5.78 Å². The molecule has 0 aromatic rings. The van der Waals surface area contributed by atoms with Gasteiger partial charge in [-0.15, -0.1) is 0 Å². The van der Waals surface area contributed by atoms with E-state index >= 15 is 0 Å². The van der Waals surface area contributed by atoms with Crippen LogP contribution in [0.5, 0.6) is 0 Å². The summed E-state index contributed by atoms with van der Waals surface area (Å²) in [6, 6.07) is 0. The van der Waals surface area contributed by atoms with E-state index in [1.165, 1.54) is 25.7 Å². The Kier molecular flexibility index (Phi) is 6.19. The maximum absolute atomic E-state index is 10.7. The number of carbonyl (C=O) groups is 1. The van der Waals surface area contributed by atoms with E-state index in [1.54, 1.807) is 0 Å². The predicted molar refractivity (Wildman–Crippen MR) is 48.3 cm³/mol. The zero-order valence-electron chi connectivity index (χ0n) is 7.73. The summed E-state index contributed by atoms with van der Waals surface area (Å²) < 4.78 is 0. The Labute approximate surface area is 70.2 Å². The molecule has 0 heterocycles.